The van der Waals surface area contributed by atoms with Crippen LogP contribution in [-0.4, -0.2) is 5.91 Å². The normalized spacial score (nSPS) is 10.8. The van der Waals surface area contributed by atoms with Crippen LogP contribution in [0.1, 0.15) is 11.1 Å². The summed E-state index contributed by atoms with van der Waals surface area (Å²) in [6, 6.07) is 10.1. The van der Waals surface area contributed by atoms with Gasteiger partial charge in [-0.25, -0.2) is 8.78 Å². The molecule has 0 aliphatic rings. The van der Waals surface area contributed by atoms with Gasteiger partial charge in [-0.2, -0.15) is 0 Å². The number of hydrogen-bond acceptors (Lipinski definition) is 1. The molecule has 0 heterocycles. The molecule has 0 aromatic heterocycles. The molecule has 0 aliphatic heterocycles. The predicted octanol–water partition coefficient (Wildman–Crippen LogP) is 3.95. The summed E-state index contributed by atoms with van der Waals surface area (Å²) in [5.41, 5.74) is 0.912. The van der Waals surface area contributed by atoms with Crippen LogP contribution < -0.4 is 5.32 Å². The van der Waals surface area contributed by atoms with Crippen molar-refractivity contribution in [2.75, 3.05) is 0 Å². The zero-order valence-corrected chi connectivity index (χ0v) is 11.7. The maximum absolute atomic E-state index is 13.4. The van der Waals surface area contributed by atoms with E-state index in [2.05, 4.69) is 5.32 Å². The van der Waals surface area contributed by atoms with Crippen molar-refractivity contribution < 1.29 is 13.6 Å². The lowest BCUT2D eigenvalue weighted by molar-refractivity contribution is -0.116. The quantitative estimate of drug-likeness (QED) is 0.852. The Hall–Kier alpha value is -2.20. The second-order valence-electron chi connectivity index (χ2n) is 4.34. The molecule has 0 atom stereocenters. The molecule has 0 aliphatic carbocycles. The van der Waals surface area contributed by atoms with Crippen molar-refractivity contribution >= 4 is 23.6 Å². The zero-order chi connectivity index (χ0) is 15.2. The Balaban J connectivity index is 1.93. The molecule has 21 heavy (non-hydrogen) atoms. The molecule has 0 bridgehead atoms. The third-order valence-electron chi connectivity index (χ3n) is 2.76. The van der Waals surface area contributed by atoms with Gasteiger partial charge < -0.3 is 5.32 Å². The lowest BCUT2D eigenvalue weighted by Crippen LogP contribution is -2.21. The lowest BCUT2D eigenvalue weighted by Gasteiger charge is -2.04. The molecule has 0 radical (unpaired) electrons. The highest BCUT2D eigenvalue weighted by Gasteiger charge is 2.04. The molecule has 1 amide bonds. The van der Waals surface area contributed by atoms with Gasteiger partial charge in [-0.3, -0.25) is 4.79 Å². The summed E-state index contributed by atoms with van der Waals surface area (Å²) in [5.74, 6) is -1.50. The summed E-state index contributed by atoms with van der Waals surface area (Å²) in [4.78, 5) is 11.6. The van der Waals surface area contributed by atoms with Crippen LogP contribution in [0.25, 0.3) is 6.08 Å². The first-order chi connectivity index (χ1) is 10.0. The Morgan fingerprint density at radius 1 is 1.14 bits per heavy atom. The second kappa shape index (κ2) is 6.99. The summed E-state index contributed by atoms with van der Waals surface area (Å²) >= 11 is 5.75. The van der Waals surface area contributed by atoms with Crippen LogP contribution >= 0.6 is 11.6 Å². The van der Waals surface area contributed by atoms with Crippen LogP contribution in [0.5, 0.6) is 0 Å². The van der Waals surface area contributed by atoms with E-state index >= 15 is 0 Å². The van der Waals surface area contributed by atoms with Gasteiger partial charge in [0, 0.05) is 23.2 Å². The molecule has 0 saturated carbocycles. The third-order valence-corrected chi connectivity index (χ3v) is 3.01. The van der Waals surface area contributed by atoms with E-state index in [9.17, 15) is 13.6 Å². The molecule has 2 rings (SSSR count). The van der Waals surface area contributed by atoms with E-state index in [4.69, 9.17) is 11.6 Å². The van der Waals surface area contributed by atoms with E-state index in [-0.39, 0.29) is 12.1 Å². The number of hydrogen-bond donors (Lipinski definition) is 1. The van der Waals surface area contributed by atoms with Gasteiger partial charge in [0.1, 0.15) is 11.6 Å². The average molecular weight is 308 g/mol. The van der Waals surface area contributed by atoms with Crippen LogP contribution in [0.4, 0.5) is 8.78 Å². The van der Waals surface area contributed by atoms with Crippen molar-refractivity contribution in [3.8, 4) is 0 Å². The molecule has 1 N–H and O–H groups in total. The van der Waals surface area contributed by atoms with Crippen LogP contribution in [0.15, 0.2) is 48.5 Å². The number of carbonyl (C=O) groups excluding carboxylic acids is 1. The largest absolute Gasteiger partial charge is 0.348 e. The number of rotatable bonds is 4. The number of amides is 1. The molecule has 0 spiro atoms. The molecule has 2 aromatic rings. The van der Waals surface area contributed by atoms with Crippen molar-refractivity contribution in [2.24, 2.45) is 0 Å². The fraction of sp³-hybridized carbons (Fsp3) is 0.0625. The molecule has 0 saturated heterocycles. The Morgan fingerprint density at radius 2 is 1.86 bits per heavy atom. The van der Waals surface area contributed by atoms with Gasteiger partial charge in [-0.15, -0.1) is 0 Å². The van der Waals surface area contributed by atoms with E-state index in [0.717, 1.165) is 23.8 Å². The van der Waals surface area contributed by atoms with Crippen LogP contribution in [-0.2, 0) is 11.3 Å². The zero-order valence-electron chi connectivity index (χ0n) is 10.9. The molecular weight excluding hydrogens is 296 g/mol. The van der Waals surface area contributed by atoms with Gasteiger partial charge in [-0.1, -0.05) is 23.7 Å². The minimum atomic E-state index is -0.557. The number of benzene rings is 2. The SMILES string of the molecule is O=C(/C=C/c1ccc(Cl)cc1)NCc1cc(F)ccc1F. The molecule has 5 heteroatoms. The summed E-state index contributed by atoms with van der Waals surface area (Å²) in [6.45, 7) is -0.0760. The molecule has 0 fully saturated rings. The van der Waals surface area contributed by atoms with Crippen molar-refractivity contribution in [2.45, 2.75) is 6.54 Å². The Kier molecular flexibility index (Phi) is 5.06. The van der Waals surface area contributed by atoms with E-state index in [1.54, 1.807) is 30.3 Å². The van der Waals surface area contributed by atoms with Crippen LogP contribution in [0.2, 0.25) is 5.02 Å². The third kappa shape index (κ3) is 4.68. The highest BCUT2D eigenvalue weighted by atomic mass is 35.5. The molecular formula is C16H12ClF2NO. The van der Waals surface area contributed by atoms with Crippen molar-refractivity contribution in [3.05, 3.63) is 76.3 Å². The monoisotopic (exact) mass is 307 g/mol. The highest BCUT2D eigenvalue weighted by molar-refractivity contribution is 6.30. The van der Waals surface area contributed by atoms with E-state index in [0.29, 0.717) is 5.02 Å². The standard InChI is InChI=1S/C16H12ClF2NO/c17-13-4-1-11(2-5-13)3-8-16(21)20-10-12-9-14(18)6-7-15(12)19/h1-9H,10H2,(H,20,21)/b8-3+. The summed E-state index contributed by atoms with van der Waals surface area (Å²) in [6.07, 6.45) is 2.92. The Bertz CT molecular complexity index is 668. The Labute approximate surface area is 126 Å². The first-order valence-electron chi connectivity index (χ1n) is 6.20. The van der Waals surface area contributed by atoms with Crippen LogP contribution in [0, 0.1) is 11.6 Å². The number of halogens is 3. The molecule has 0 unspecified atom stereocenters. The number of nitrogens with one attached hydrogen (secondary N) is 1. The molecule has 108 valence electrons. The van der Waals surface area contributed by atoms with Crippen LogP contribution in [0.3, 0.4) is 0 Å². The minimum Gasteiger partial charge on any atom is -0.348 e. The van der Waals surface area contributed by atoms with E-state index in [1.165, 1.54) is 6.08 Å². The van der Waals surface area contributed by atoms with Gasteiger partial charge in [0.2, 0.25) is 5.91 Å². The lowest BCUT2D eigenvalue weighted by atomic mass is 10.2. The highest BCUT2D eigenvalue weighted by Crippen LogP contribution is 2.11. The first kappa shape index (κ1) is 15.2. The fourth-order valence-corrected chi connectivity index (χ4v) is 1.79. The van der Waals surface area contributed by atoms with Crippen molar-refractivity contribution in [1.29, 1.82) is 0 Å². The van der Waals surface area contributed by atoms with Crippen molar-refractivity contribution in [1.82, 2.24) is 5.32 Å². The predicted molar refractivity (Wildman–Crippen MR) is 78.7 cm³/mol. The minimum absolute atomic E-state index is 0.0760. The molecule has 2 aromatic carbocycles. The smallest absolute Gasteiger partial charge is 0.244 e. The first-order valence-corrected chi connectivity index (χ1v) is 6.58. The maximum Gasteiger partial charge on any atom is 0.244 e. The average Bonchev–Trinajstić information content (AvgIpc) is 2.47. The Morgan fingerprint density at radius 3 is 2.57 bits per heavy atom. The summed E-state index contributed by atoms with van der Waals surface area (Å²) in [5, 5.41) is 3.10. The van der Waals surface area contributed by atoms with Crippen molar-refractivity contribution in [3.63, 3.8) is 0 Å². The maximum atomic E-state index is 13.4. The second-order valence-corrected chi connectivity index (χ2v) is 4.77. The summed E-state index contributed by atoms with van der Waals surface area (Å²) < 4.78 is 26.3. The van der Waals surface area contributed by atoms with Gasteiger partial charge in [0.15, 0.2) is 0 Å². The van der Waals surface area contributed by atoms with E-state index < -0.39 is 17.5 Å². The molecule has 2 nitrogen and oxygen atoms in total. The fourth-order valence-electron chi connectivity index (χ4n) is 1.67. The number of carbonyl (C=O) groups is 1. The van der Waals surface area contributed by atoms with E-state index in [1.807, 2.05) is 0 Å². The topological polar surface area (TPSA) is 29.1 Å². The summed E-state index contributed by atoms with van der Waals surface area (Å²) in [7, 11) is 0. The van der Waals surface area contributed by atoms with Gasteiger partial charge in [0.05, 0.1) is 0 Å². The van der Waals surface area contributed by atoms with Gasteiger partial charge >= 0.3 is 0 Å². The van der Waals surface area contributed by atoms with Gasteiger partial charge in [0.25, 0.3) is 0 Å². The van der Waals surface area contributed by atoms with Gasteiger partial charge in [-0.05, 0) is 42.0 Å².